The quantitative estimate of drug-likeness (QED) is 0.538. The normalized spacial score (nSPS) is 27.7. The van der Waals surface area contributed by atoms with Crippen LogP contribution in [0.5, 0.6) is 0 Å². The Labute approximate surface area is 71.5 Å². The largest absolute Gasteiger partial charge is 0.348 e. The van der Waals surface area contributed by atoms with Crippen LogP contribution in [0, 0.1) is 5.41 Å². The van der Waals surface area contributed by atoms with Crippen LogP contribution in [0.2, 0.25) is 0 Å². The molecule has 0 radical (unpaired) electrons. The fourth-order valence-electron chi connectivity index (χ4n) is 2.28. The van der Waals surface area contributed by atoms with Gasteiger partial charge in [0.15, 0.2) is 0 Å². The zero-order chi connectivity index (χ0) is 8.60. The second-order valence-electron chi connectivity index (χ2n) is 3.85. The van der Waals surface area contributed by atoms with Gasteiger partial charge in [-0.1, -0.05) is 19.3 Å². The van der Waals surface area contributed by atoms with Gasteiger partial charge in [0, 0.05) is 6.54 Å². The third-order valence-corrected chi connectivity index (χ3v) is 3.09. The molecule has 1 heterocycles. The van der Waals surface area contributed by atoms with E-state index in [1.165, 1.54) is 6.42 Å². The topological polar surface area (TPSA) is 46.2 Å². The lowest BCUT2D eigenvalue weighted by molar-refractivity contribution is -0.139. The van der Waals surface area contributed by atoms with Crippen LogP contribution < -0.4 is 5.32 Å². The summed E-state index contributed by atoms with van der Waals surface area (Å²) in [6, 6.07) is 0. The van der Waals surface area contributed by atoms with Crippen LogP contribution in [0.4, 0.5) is 0 Å². The van der Waals surface area contributed by atoms with Gasteiger partial charge in [-0.15, -0.1) is 0 Å². The molecule has 1 amide bonds. The number of rotatable bonds is 0. The molecule has 2 fully saturated rings. The number of carbonyl (C=O) groups excluding carboxylic acids is 2. The first-order valence-corrected chi connectivity index (χ1v) is 4.57. The molecule has 2 aliphatic rings. The monoisotopic (exact) mass is 167 g/mol. The van der Waals surface area contributed by atoms with Gasteiger partial charge in [0.25, 0.3) is 5.91 Å². The maximum atomic E-state index is 11.5. The molecule has 0 aromatic heterocycles. The van der Waals surface area contributed by atoms with Crippen molar-refractivity contribution in [2.45, 2.75) is 32.1 Å². The first kappa shape index (κ1) is 7.77. The fraction of sp³-hybridized carbons (Fsp3) is 0.778. The average molecular weight is 167 g/mol. The molecule has 1 aliphatic heterocycles. The van der Waals surface area contributed by atoms with Crippen molar-refractivity contribution in [2.75, 3.05) is 6.54 Å². The second kappa shape index (κ2) is 2.57. The minimum absolute atomic E-state index is 0.165. The minimum atomic E-state index is -0.364. The Hall–Kier alpha value is -0.860. The minimum Gasteiger partial charge on any atom is -0.348 e. The van der Waals surface area contributed by atoms with Crippen LogP contribution in [0.25, 0.3) is 0 Å². The Kier molecular flexibility index (Phi) is 1.67. The van der Waals surface area contributed by atoms with E-state index in [9.17, 15) is 9.59 Å². The van der Waals surface area contributed by atoms with Crippen LogP contribution in [-0.4, -0.2) is 18.2 Å². The maximum Gasteiger partial charge on any atom is 0.288 e. The van der Waals surface area contributed by atoms with E-state index in [1.54, 1.807) is 0 Å². The van der Waals surface area contributed by atoms with E-state index < -0.39 is 0 Å². The molecule has 0 unspecified atom stereocenters. The van der Waals surface area contributed by atoms with Gasteiger partial charge in [-0.2, -0.15) is 0 Å². The Bertz CT molecular complexity index is 229. The Morgan fingerprint density at radius 2 is 1.75 bits per heavy atom. The summed E-state index contributed by atoms with van der Waals surface area (Å²) in [7, 11) is 0. The van der Waals surface area contributed by atoms with E-state index in [2.05, 4.69) is 5.32 Å². The number of hydrogen-bond donors (Lipinski definition) is 1. The van der Waals surface area contributed by atoms with Crippen molar-refractivity contribution < 1.29 is 9.59 Å². The first-order chi connectivity index (χ1) is 5.75. The number of amides is 1. The van der Waals surface area contributed by atoms with Gasteiger partial charge in [0.05, 0.1) is 5.41 Å². The summed E-state index contributed by atoms with van der Waals surface area (Å²) in [4.78, 5) is 22.5. The first-order valence-electron chi connectivity index (χ1n) is 4.57. The van der Waals surface area contributed by atoms with Crippen LogP contribution in [0.1, 0.15) is 32.1 Å². The molecule has 1 saturated heterocycles. The lowest BCUT2D eigenvalue weighted by Crippen LogP contribution is -2.33. The molecule has 3 heteroatoms. The summed E-state index contributed by atoms with van der Waals surface area (Å²) in [6.07, 6.45) is 5.22. The molecule has 0 aromatic rings. The third kappa shape index (κ3) is 0.958. The second-order valence-corrected chi connectivity index (χ2v) is 3.85. The summed E-state index contributed by atoms with van der Waals surface area (Å²) >= 11 is 0. The molecular formula is C9H13NO2. The number of ketones is 1. The molecule has 0 atom stereocenters. The predicted octanol–water partition coefficient (Wildman–Crippen LogP) is 0.636. The summed E-state index contributed by atoms with van der Waals surface area (Å²) in [5, 5.41) is 2.64. The lowest BCUT2D eigenvalue weighted by Gasteiger charge is -2.29. The molecule has 0 bridgehead atoms. The highest BCUT2D eigenvalue weighted by Crippen LogP contribution is 2.38. The van der Waals surface area contributed by atoms with Crippen molar-refractivity contribution in [3.05, 3.63) is 0 Å². The number of carbonyl (C=O) groups is 2. The molecule has 12 heavy (non-hydrogen) atoms. The van der Waals surface area contributed by atoms with E-state index >= 15 is 0 Å². The zero-order valence-electron chi connectivity index (χ0n) is 7.06. The molecule has 1 spiro atoms. The van der Waals surface area contributed by atoms with E-state index in [0.717, 1.165) is 25.7 Å². The van der Waals surface area contributed by atoms with E-state index in [4.69, 9.17) is 0 Å². The number of nitrogens with one attached hydrogen (secondary N) is 1. The van der Waals surface area contributed by atoms with Gasteiger partial charge in [-0.05, 0) is 12.8 Å². The molecule has 1 saturated carbocycles. The number of Topliss-reactive ketones (excluding diaryl/α,β-unsaturated/α-hetero) is 1. The maximum absolute atomic E-state index is 11.5. The highest BCUT2D eigenvalue weighted by molar-refractivity contribution is 6.40. The highest BCUT2D eigenvalue weighted by atomic mass is 16.2. The Morgan fingerprint density at radius 3 is 2.25 bits per heavy atom. The molecule has 3 nitrogen and oxygen atoms in total. The SMILES string of the molecule is O=C1NCC2(CCCCC2)C1=O. The van der Waals surface area contributed by atoms with Gasteiger partial charge in [-0.25, -0.2) is 0 Å². The summed E-state index contributed by atoms with van der Waals surface area (Å²) in [6.45, 7) is 0.588. The summed E-state index contributed by atoms with van der Waals surface area (Å²) in [5.74, 6) is -0.529. The van der Waals surface area contributed by atoms with Crippen molar-refractivity contribution >= 4 is 11.7 Å². The van der Waals surface area contributed by atoms with Crippen molar-refractivity contribution in [3.8, 4) is 0 Å². The van der Waals surface area contributed by atoms with Crippen LogP contribution in [-0.2, 0) is 9.59 Å². The van der Waals surface area contributed by atoms with Crippen LogP contribution in [0.3, 0.4) is 0 Å². The Balaban J connectivity index is 2.19. The predicted molar refractivity (Wildman–Crippen MR) is 43.5 cm³/mol. The van der Waals surface area contributed by atoms with Gasteiger partial charge in [-0.3, -0.25) is 9.59 Å². The lowest BCUT2D eigenvalue weighted by atomic mass is 9.73. The highest BCUT2D eigenvalue weighted by Gasteiger charge is 2.47. The molecule has 1 aliphatic carbocycles. The van der Waals surface area contributed by atoms with E-state index in [1.807, 2.05) is 0 Å². The van der Waals surface area contributed by atoms with Gasteiger partial charge < -0.3 is 5.32 Å². The van der Waals surface area contributed by atoms with Crippen molar-refractivity contribution in [1.82, 2.24) is 5.32 Å². The van der Waals surface area contributed by atoms with Gasteiger partial charge in [0.2, 0.25) is 5.78 Å². The van der Waals surface area contributed by atoms with Gasteiger partial charge in [0.1, 0.15) is 0 Å². The standard InChI is InChI=1S/C9H13NO2/c11-7-8(12)10-6-9(7)4-2-1-3-5-9/h1-6H2,(H,10,12). The molecule has 66 valence electrons. The van der Waals surface area contributed by atoms with Crippen molar-refractivity contribution in [3.63, 3.8) is 0 Å². The molecule has 2 rings (SSSR count). The summed E-state index contributed by atoms with van der Waals surface area (Å²) in [5.41, 5.74) is -0.296. The molecule has 0 aromatic carbocycles. The average Bonchev–Trinajstić information content (AvgIpc) is 2.37. The van der Waals surface area contributed by atoms with Crippen molar-refractivity contribution in [1.29, 1.82) is 0 Å². The smallest absolute Gasteiger partial charge is 0.288 e. The third-order valence-electron chi connectivity index (χ3n) is 3.09. The van der Waals surface area contributed by atoms with Crippen LogP contribution >= 0.6 is 0 Å². The molecule has 1 N–H and O–H groups in total. The number of hydrogen-bond acceptors (Lipinski definition) is 2. The van der Waals surface area contributed by atoms with Gasteiger partial charge >= 0.3 is 0 Å². The van der Waals surface area contributed by atoms with E-state index in [-0.39, 0.29) is 17.1 Å². The Morgan fingerprint density at radius 1 is 1.08 bits per heavy atom. The summed E-state index contributed by atoms with van der Waals surface area (Å²) < 4.78 is 0. The fourth-order valence-corrected chi connectivity index (χ4v) is 2.28. The molecular weight excluding hydrogens is 154 g/mol. The zero-order valence-corrected chi connectivity index (χ0v) is 7.06. The van der Waals surface area contributed by atoms with E-state index in [0.29, 0.717) is 6.54 Å². The van der Waals surface area contributed by atoms with Crippen LogP contribution in [0.15, 0.2) is 0 Å². The van der Waals surface area contributed by atoms with Crippen molar-refractivity contribution in [2.24, 2.45) is 5.41 Å².